The van der Waals surface area contributed by atoms with Crippen LogP contribution >= 0.6 is 0 Å². The minimum absolute atomic E-state index is 0.206. The fraction of sp³-hybridized carbons (Fsp3) is 0.125. The number of carboxylic acids is 1. The third-order valence-corrected chi connectivity index (χ3v) is 2.75. The third kappa shape index (κ3) is 4.35. The fourth-order valence-electron chi connectivity index (χ4n) is 1.77. The highest BCUT2D eigenvalue weighted by Crippen LogP contribution is 2.16. The maximum atomic E-state index is 12.0. The molecule has 0 aromatic heterocycles. The molecule has 5 nitrogen and oxygen atoms in total. The van der Waals surface area contributed by atoms with Crippen LogP contribution in [0.15, 0.2) is 48.5 Å². The first-order valence-electron chi connectivity index (χ1n) is 6.35. The highest BCUT2D eigenvalue weighted by molar-refractivity contribution is 6.04. The Hall–Kier alpha value is -2.82. The van der Waals surface area contributed by atoms with Crippen molar-refractivity contribution in [3.05, 3.63) is 59.7 Å². The number of rotatable bonds is 5. The molecule has 0 heterocycles. The highest BCUT2D eigenvalue weighted by Gasteiger charge is 2.06. The molecular weight excluding hydrogens is 270 g/mol. The Morgan fingerprint density at radius 3 is 2.48 bits per heavy atom. The zero-order valence-corrected chi connectivity index (χ0v) is 11.5. The quantitative estimate of drug-likeness (QED) is 0.899. The highest BCUT2D eigenvalue weighted by atomic mass is 16.5. The average Bonchev–Trinajstić information content (AvgIpc) is 2.46. The molecule has 21 heavy (non-hydrogen) atoms. The second-order valence-electron chi connectivity index (χ2n) is 4.51. The van der Waals surface area contributed by atoms with E-state index in [1.165, 1.54) is 0 Å². The molecule has 1 amide bonds. The van der Waals surface area contributed by atoms with Crippen molar-refractivity contribution in [3.63, 3.8) is 0 Å². The number of benzene rings is 2. The van der Waals surface area contributed by atoms with Gasteiger partial charge in [-0.3, -0.25) is 4.79 Å². The molecular formula is C16H14NO4-. The first-order chi connectivity index (χ1) is 10.0. The maximum absolute atomic E-state index is 12.0. The Balaban J connectivity index is 2.00. The summed E-state index contributed by atoms with van der Waals surface area (Å²) in [6.07, 6.45) is 0. The van der Waals surface area contributed by atoms with Crippen LogP contribution in [0.4, 0.5) is 5.69 Å². The molecule has 0 unspecified atom stereocenters. The zero-order chi connectivity index (χ0) is 15.2. The van der Waals surface area contributed by atoms with E-state index in [2.05, 4.69) is 5.32 Å². The summed E-state index contributed by atoms with van der Waals surface area (Å²) in [5, 5.41) is 13.0. The number of aliphatic carboxylic acids is 1. The number of ether oxygens (including phenoxy) is 1. The molecule has 0 bridgehead atoms. The third-order valence-electron chi connectivity index (χ3n) is 2.75. The summed E-state index contributed by atoms with van der Waals surface area (Å²) in [6, 6.07) is 13.7. The number of carbonyl (C=O) groups excluding carboxylic acids is 2. The van der Waals surface area contributed by atoms with Crippen molar-refractivity contribution in [1.82, 2.24) is 0 Å². The van der Waals surface area contributed by atoms with Gasteiger partial charge in [-0.25, -0.2) is 0 Å². The lowest BCUT2D eigenvalue weighted by Crippen LogP contribution is -2.28. The second-order valence-corrected chi connectivity index (χ2v) is 4.51. The van der Waals surface area contributed by atoms with Gasteiger partial charge in [0.2, 0.25) is 0 Å². The number of carbonyl (C=O) groups is 2. The number of nitrogens with one attached hydrogen (secondary N) is 1. The molecule has 2 rings (SSSR count). The molecule has 0 spiro atoms. The van der Waals surface area contributed by atoms with Crippen molar-refractivity contribution in [1.29, 1.82) is 0 Å². The van der Waals surface area contributed by atoms with Crippen molar-refractivity contribution in [2.75, 3.05) is 11.9 Å². The first kappa shape index (κ1) is 14.6. The molecule has 2 aromatic rings. The van der Waals surface area contributed by atoms with E-state index in [1.54, 1.807) is 36.4 Å². The molecule has 0 fully saturated rings. The molecule has 0 aliphatic carbocycles. The molecule has 2 aromatic carbocycles. The summed E-state index contributed by atoms with van der Waals surface area (Å²) in [6.45, 7) is 1.41. The van der Waals surface area contributed by atoms with Gasteiger partial charge in [0.25, 0.3) is 5.91 Å². The lowest BCUT2D eigenvalue weighted by molar-refractivity contribution is -0.307. The first-order valence-corrected chi connectivity index (χ1v) is 6.35. The molecule has 108 valence electrons. The maximum Gasteiger partial charge on any atom is 0.255 e. The van der Waals surface area contributed by atoms with Gasteiger partial charge < -0.3 is 20.0 Å². The van der Waals surface area contributed by atoms with Gasteiger partial charge in [0.15, 0.2) is 0 Å². The standard InChI is InChI=1S/C16H15NO4/c1-11-3-2-4-12(9-11)16(20)17-13-5-7-14(8-6-13)21-10-15(18)19/h2-9H,10H2,1H3,(H,17,20)(H,18,19)/p-1. The number of aryl methyl sites for hydroxylation is 1. The van der Waals surface area contributed by atoms with Gasteiger partial charge in [-0.1, -0.05) is 17.7 Å². The number of hydrogen-bond acceptors (Lipinski definition) is 4. The van der Waals surface area contributed by atoms with E-state index in [4.69, 9.17) is 4.74 Å². The molecule has 0 saturated carbocycles. The lowest BCUT2D eigenvalue weighted by atomic mass is 10.1. The van der Waals surface area contributed by atoms with E-state index in [1.807, 2.05) is 19.1 Å². The van der Waals surface area contributed by atoms with Gasteiger partial charge >= 0.3 is 0 Å². The van der Waals surface area contributed by atoms with Gasteiger partial charge in [-0.15, -0.1) is 0 Å². The van der Waals surface area contributed by atoms with Gasteiger partial charge in [0.05, 0.1) is 5.97 Å². The van der Waals surface area contributed by atoms with Crippen LogP contribution in [0.25, 0.3) is 0 Å². The summed E-state index contributed by atoms with van der Waals surface area (Å²) in [5.74, 6) is -1.10. The van der Waals surface area contributed by atoms with Gasteiger partial charge in [0, 0.05) is 11.3 Å². The predicted octanol–water partition coefficient (Wildman–Crippen LogP) is 1.38. The zero-order valence-electron chi connectivity index (χ0n) is 11.5. The van der Waals surface area contributed by atoms with E-state index >= 15 is 0 Å². The Morgan fingerprint density at radius 2 is 1.86 bits per heavy atom. The minimum Gasteiger partial charge on any atom is -0.546 e. The molecule has 0 saturated heterocycles. The van der Waals surface area contributed by atoms with Gasteiger partial charge in [-0.05, 0) is 43.3 Å². The van der Waals surface area contributed by atoms with Crippen LogP contribution in [-0.2, 0) is 4.79 Å². The number of amides is 1. The molecule has 0 aliphatic heterocycles. The van der Waals surface area contributed by atoms with Crippen LogP contribution < -0.4 is 15.2 Å². The molecule has 0 radical (unpaired) electrons. The number of anilines is 1. The Labute approximate surface area is 122 Å². The van der Waals surface area contributed by atoms with Crippen LogP contribution in [0.1, 0.15) is 15.9 Å². The Morgan fingerprint density at radius 1 is 1.14 bits per heavy atom. The van der Waals surface area contributed by atoms with Crippen LogP contribution in [0.3, 0.4) is 0 Å². The molecule has 1 N–H and O–H groups in total. The molecule has 0 atom stereocenters. The van der Waals surface area contributed by atoms with E-state index in [9.17, 15) is 14.7 Å². The Bertz CT molecular complexity index is 650. The second kappa shape index (κ2) is 6.56. The number of carboxylic acid groups (broad SMARTS) is 1. The van der Waals surface area contributed by atoms with E-state index in [0.717, 1.165) is 5.56 Å². The topological polar surface area (TPSA) is 78.5 Å². The Kier molecular flexibility index (Phi) is 4.56. The molecule has 0 aliphatic rings. The smallest absolute Gasteiger partial charge is 0.255 e. The summed E-state index contributed by atoms with van der Waals surface area (Å²) in [7, 11) is 0. The minimum atomic E-state index is -1.29. The van der Waals surface area contributed by atoms with Crippen molar-refractivity contribution in [3.8, 4) is 5.75 Å². The monoisotopic (exact) mass is 284 g/mol. The SMILES string of the molecule is Cc1cccc(C(=O)Nc2ccc(OCC(=O)[O-])cc2)c1. The van der Waals surface area contributed by atoms with E-state index in [-0.39, 0.29) is 5.91 Å². The van der Waals surface area contributed by atoms with Crippen molar-refractivity contribution in [2.24, 2.45) is 0 Å². The fourth-order valence-corrected chi connectivity index (χ4v) is 1.77. The van der Waals surface area contributed by atoms with Crippen molar-refractivity contribution in [2.45, 2.75) is 6.92 Å². The van der Waals surface area contributed by atoms with E-state index in [0.29, 0.717) is 17.0 Å². The average molecular weight is 284 g/mol. The normalized spacial score (nSPS) is 9.95. The van der Waals surface area contributed by atoms with Crippen LogP contribution in [0, 0.1) is 6.92 Å². The summed E-state index contributed by atoms with van der Waals surface area (Å²) >= 11 is 0. The van der Waals surface area contributed by atoms with E-state index < -0.39 is 12.6 Å². The summed E-state index contributed by atoms with van der Waals surface area (Å²) in [4.78, 5) is 22.3. The predicted molar refractivity (Wildman–Crippen MR) is 76.1 cm³/mol. The molecule has 5 heteroatoms. The number of hydrogen-bond donors (Lipinski definition) is 1. The lowest BCUT2D eigenvalue weighted by Gasteiger charge is -2.09. The van der Waals surface area contributed by atoms with Gasteiger partial charge in [0.1, 0.15) is 12.4 Å². The summed E-state index contributed by atoms with van der Waals surface area (Å²) < 4.78 is 4.95. The van der Waals surface area contributed by atoms with Gasteiger partial charge in [-0.2, -0.15) is 0 Å². The summed E-state index contributed by atoms with van der Waals surface area (Å²) in [5.41, 5.74) is 2.18. The van der Waals surface area contributed by atoms with Crippen LogP contribution in [-0.4, -0.2) is 18.5 Å². The van der Waals surface area contributed by atoms with Crippen LogP contribution in [0.5, 0.6) is 5.75 Å². The largest absolute Gasteiger partial charge is 0.546 e. The van der Waals surface area contributed by atoms with Crippen molar-refractivity contribution >= 4 is 17.6 Å². The van der Waals surface area contributed by atoms with Crippen molar-refractivity contribution < 1.29 is 19.4 Å². The van der Waals surface area contributed by atoms with Crippen LogP contribution in [0.2, 0.25) is 0 Å².